The first-order valence-electron chi connectivity index (χ1n) is 8.77. The second-order valence-corrected chi connectivity index (χ2v) is 6.46. The number of nitro benzene ring substituents is 1. The molecule has 0 atom stereocenters. The maximum Gasteiger partial charge on any atom is 0.282 e. The molecule has 1 aliphatic heterocycles. The summed E-state index contributed by atoms with van der Waals surface area (Å²) in [5.74, 6) is -0.226. The number of piperidine rings is 1. The highest BCUT2D eigenvalue weighted by Gasteiger charge is 2.25. The topological polar surface area (TPSA) is 105 Å². The van der Waals surface area contributed by atoms with E-state index in [1.54, 1.807) is 35.5 Å². The zero-order valence-electron chi connectivity index (χ0n) is 14.7. The van der Waals surface area contributed by atoms with Gasteiger partial charge in [-0.3, -0.25) is 24.7 Å². The molecule has 2 aromatic rings. The molecule has 8 nitrogen and oxygen atoms in total. The predicted molar refractivity (Wildman–Crippen MR) is 98.3 cm³/mol. The van der Waals surface area contributed by atoms with Gasteiger partial charge >= 0.3 is 0 Å². The van der Waals surface area contributed by atoms with E-state index in [0.717, 1.165) is 12.8 Å². The zero-order valence-corrected chi connectivity index (χ0v) is 14.7. The van der Waals surface area contributed by atoms with E-state index in [0.29, 0.717) is 25.2 Å². The molecule has 0 spiro atoms. The fraction of sp³-hybridized carbons (Fsp3) is 0.316. The summed E-state index contributed by atoms with van der Waals surface area (Å²) in [5, 5.41) is 13.8. The van der Waals surface area contributed by atoms with E-state index in [9.17, 15) is 19.7 Å². The van der Waals surface area contributed by atoms with Gasteiger partial charge in [0.15, 0.2) is 0 Å². The van der Waals surface area contributed by atoms with Crippen LogP contribution in [0.1, 0.15) is 33.6 Å². The van der Waals surface area contributed by atoms with E-state index in [2.05, 4.69) is 10.3 Å². The van der Waals surface area contributed by atoms with Crippen molar-refractivity contribution in [2.45, 2.75) is 12.8 Å². The van der Waals surface area contributed by atoms with Crippen LogP contribution in [0.15, 0.2) is 48.8 Å². The van der Waals surface area contributed by atoms with Gasteiger partial charge in [-0.1, -0.05) is 12.1 Å². The Bertz CT molecular complexity index is 833. The average molecular weight is 368 g/mol. The van der Waals surface area contributed by atoms with Crippen LogP contribution in [-0.2, 0) is 0 Å². The molecule has 1 aromatic heterocycles. The zero-order chi connectivity index (χ0) is 19.2. The van der Waals surface area contributed by atoms with Gasteiger partial charge in [-0.05, 0) is 37.0 Å². The maximum atomic E-state index is 12.4. The lowest BCUT2D eigenvalue weighted by Crippen LogP contribution is -2.41. The number of carbonyl (C=O) groups excluding carboxylic acids is 2. The lowest BCUT2D eigenvalue weighted by Gasteiger charge is -2.32. The van der Waals surface area contributed by atoms with Gasteiger partial charge in [-0.2, -0.15) is 0 Å². The van der Waals surface area contributed by atoms with Gasteiger partial charge in [-0.25, -0.2) is 0 Å². The lowest BCUT2D eigenvalue weighted by atomic mass is 9.96. The number of hydrogen-bond donors (Lipinski definition) is 1. The number of amides is 2. The third-order valence-electron chi connectivity index (χ3n) is 4.73. The minimum atomic E-state index is -0.557. The van der Waals surface area contributed by atoms with Crippen molar-refractivity contribution in [3.05, 3.63) is 70.0 Å². The monoisotopic (exact) mass is 368 g/mol. The minimum absolute atomic E-state index is 0.0141. The van der Waals surface area contributed by atoms with Gasteiger partial charge in [-0.15, -0.1) is 0 Å². The first-order valence-corrected chi connectivity index (χ1v) is 8.77. The molecule has 0 aliphatic carbocycles. The summed E-state index contributed by atoms with van der Waals surface area (Å²) in [7, 11) is 0. The molecule has 3 rings (SSSR count). The maximum absolute atomic E-state index is 12.4. The number of aromatic nitrogens is 1. The van der Waals surface area contributed by atoms with E-state index >= 15 is 0 Å². The molecule has 8 heteroatoms. The minimum Gasteiger partial charge on any atom is -0.352 e. The van der Waals surface area contributed by atoms with Gasteiger partial charge in [0.2, 0.25) is 0 Å². The fourth-order valence-corrected chi connectivity index (χ4v) is 3.17. The van der Waals surface area contributed by atoms with E-state index in [1.807, 2.05) is 0 Å². The number of nitrogens with zero attached hydrogens (tertiary/aromatic N) is 3. The van der Waals surface area contributed by atoms with Gasteiger partial charge in [0.1, 0.15) is 5.56 Å². The summed E-state index contributed by atoms with van der Waals surface area (Å²) >= 11 is 0. The molecule has 27 heavy (non-hydrogen) atoms. The molecule has 0 bridgehead atoms. The fourth-order valence-electron chi connectivity index (χ4n) is 3.17. The van der Waals surface area contributed by atoms with Crippen LogP contribution in [0.2, 0.25) is 0 Å². The molecule has 1 N–H and O–H groups in total. The molecule has 1 saturated heterocycles. The van der Waals surface area contributed by atoms with Gasteiger partial charge in [0.05, 0.1) is 4.92 Å². The van der Waals surface area contributed by atoms with Crippen molar-refractivity contribution in [3.63, 3.8) is 0 Å². The van der Waals surface area contributed by atoms with Crippen LogP contribution in [-0.4, -0.2) is 46.3 Å². The molecule has 1 aromatic carbocycles. The van der Waals surface area contributed by atoms with Crippen molar-refractivity contribution in [2.24, 2.45) is 5.92 Å². The van der Waals surface area contributed by atoms with Crippen LogP contribution in [0, 0.1) is 16.0 Å². The Labute approximate surface area is 156 Å². The number of para-hydroxylation sites is 1. The summed E-state index contributed by atoms with van der Waals surface area (Å²) in [5.41, 5.74) is 0.480. The number of likely N-dealkylation sites (tertiary alicyclic amines) is 1. The van der Waals surface area contributed by atoms with Crippen molar-refractivity contribution in [3.8, 4) is 0 Å². The summed E-state index contributed by atoms with van der Waals surface area (Å²) in [6.45, 7) is 1.67. The molecule has 1 fully saturated rings. The third-order valence-corrected chi connectivity index (χ3v) is 4.73. The number of nitrogens with one attached hydrogen (secondary N) is 1. The Morgan fingerprint density at radius 2 is 1.81 bits per heavy atom. The highest BCUT2D eigenvalue weighted by Crippen LogP contribution is 2.20. The number of benzene rings is 1. The second-order valence-electron chi connectivity index (χ2n) is 6.46. The number of hydrogen-bond acceptors (Lipinski definition) is 5. The standard InChI is InChI=1S/C19H20N4O4/c24-18(16-3-1-2-4-17(16)23(26)27)21-13-14-7-11-22(12-8-14)19(25)15-5-9-20-10-6-15/h1-6,9-10,14H,7-8,11-13H2,(H,21,24). The smallest absolute Gasteiger partial charge is 0.282 e. The average Bonchev–Trinajstić information content (AvgIpc) is 2.72. The Morgan fingerprint density at radius 3 is 2.48 bits per heavy atom. The van der Waals surface area contributed by atoms with Gasteiger partial charge < -0.3 is 10.2 Å². The van der Waals surface area contributed by atoms with Gasteiger partial charge in [0, 0.05) is 43.7 Å². The SMILES string of the molecule is O=C(NCC1CCN(C(=O)c2ccncc2)CC1)c1ccccc1[N+](=O)[O-]. The number of rotatable bonds is 5. The quantitative estimate of drug-likeness (QED) is 0.644. The van der Waals surface area contributed by atoms with Crippen molar-refractivity contribution < 1.29 is 14.5 Å². The molecule has 0 unspecified atom stereocenters. The summed E-state index contributed by atoms with van der Waals surface area (Å²) in [6, 6.07) is 9.29. The first kappa shape index (κ1) is 18.5. The van der Waals surface area contributed by atoms with E-state index < -0.39 is 10.8 Å². The Kier molecular flexibility index (Phi) is 5.75. The molecule has 140 valence electrons. The third kappa shape index (κ3) is 4.46. The number of carbonyl (C=O) groups is 2. The van der Waals surface area contributed by atoms with Crippen LogP contribution in [0.3, 0.4) is 0 Å². The molecule has 0 saturated carbocycles. The van der Waals surface area contributed by atoms with Crippen molar-refractivity contribution >= 4 is 17.5 Å². The molecule has 2 heterocycles. The normalized spacial score (nSPS) is 14.6. The highest BCUT2D eigenvalue weighted by molar-refractivity contribution is 5.98. The molecule has 1 aliphatic rings. The first-order chi connectivity index (χ1) is 13.1. The highest BCUT2D eigenvalue weighted by atomic mass is 16.6. The van der Waals surface area contributed by atoms with Gasteiger partial charge in [0.25, 0.3) is 17.5 Å². The largest absolute Gasteiger partial charge is 0.352 e. The summed E-state index contributed by atoms with van der Waals surface area (Å²) in [4.78, 5) is 40.9. The summed E-state index contributed by atoms with van der Waals surface area (Å²) < 4.78 is 0. The van der Waals surface area contributed by atoms with E-state index in [4.69, 9.17) is 0 Å². The van der Waals surface area contributed by atoms with Crippen LogP contribution >= 0.6 is 0 Å². The van der Waals surface area contributed by atoms with Crippen LogP contribution in [0.25, 0.3) is 0 Å². The molecular formula is C19H20N4O4. The van der Waals surface area contributed by atoms with Crippen LogP contribution in [0.4, 0.5) is 5.69 Å². The van der Waals surface area contributed by atoms with E-state index in [1.165, 1.54) is 18.2 Å². The molecular weight excluding hydrogens is 348 g/mol. The van der Waals surface area contributed by atoms with Crippen molar-refractivity contribution in [1.82, 2.24) is 15.2 Å². The van der Waals surface area contributed by atoms with Crippen LogP contribution < -0.4 is 5.32 Å². The van der Waals surface area contributed by atoms with Crippen molar-refractivity contribution in [2.75, 3.05) is 19.6 Å². The lowest BCUT2D eigenvalue weighted by molar-refractivity contribution is -0.385. The van der Waals surface area contributed by atoms with Crippen molar-refractivity contribution in [1.29, 1.82) is 0 Å². The van der Waals surface area contributed by atoms with Crippen LogP contribution in [0.5, 0.6) is 0 Å². The molecule has 2 amide bonds. The Morgan fingerprint density at radius 1 is 1.15 bits per heavy atom. The number of nitro groups is 1. The second kappa shape index (κ2) is 8.39. The number of pyridine rings is 1. The summed E-state index contributed by atoms with van der Waals surface area (Å²) in [6.07, 6.45) is 4.73. The Balaban J connectivity index is 1.51. The Hall–Kier alpha value is -3.29. The predicted octanol–water partition coefficient (Wildman–Crippen LogP) is 2.27. The molecule has 0 radical (unpaired) electrons. The van der Waals surface area contributed by atoms with E-state index in [-0.39, 0.29) is 23.1 Å².